The molecule has 0 aliphatic heterocycles. The van der Waals surface area contributed by atoms with Crippen LogP contribution in [0.25, 0.3) is 0 Å². The number of pyridine rings is 1. The molecule has 2 aromatic rings. The summed E-state index contributed by atoms with van der Waals surface area (Å²) in [5, 5.41) is 4.91. The van der Waals surface area contributed by atoms with E-state index in [-0.39, 0.29) is 5.91 Å². The third-order valence-electron chi connectivity index (χ3n) is 2.34. The summed E-state index contributed by atoms with van der Waals surface area (Å²) in [6, 6.07) is 3.80. The second-order valence-electron chi connectivity index (χ2n) is 3.60. The first-order valence-electron chi connectivity index (χ1n) is 5.08. The molecule has 0 unspecified atom stereocenters. The van der Waals surface area contributed by atoms with Crippen molar-refractivity contribution < 1.29 is 4.79 Å². The number of halogens is 1. The van der Waals surface area contributed by atoms with Crippen LogP contribution < -0.4 is 5.32 Å². The zero-order valence-corrected chi connectivity index (χ0v) is 11.6. The molecule has 3 nitrogen and oxygen atoms in total. The topological polar surface area (TPSA) is 42.0 Å². The van der Waals surface area contributed by atoms with E-state index in [9.17, 15) is 4.79 Å². The lowest BCUT2D eigenvalue weighted by Gasteiger charge is -2.04. The minimum atomic E-state index is -0.105. The highest BCUT2D eigenvalue weighted by atomic mass is 79.9. The Hall–Kier alpha value is -1.20. The molecule has 1 amide bonds. The summed E-state index contributed by atoms with van der Waals surface area (Å²) in [6.45, 7) is 2.60. The van der Waals surface area contributed by atoms with Gasteiger partial charge in [0.1, 0.15) is 0 Å². The van der Waals surface area contributed by atoms with Crippen LogP contribution in [0.4, 0.5) is 0 Å². The summed E-state index contributed by atoms with van der Waals surface area (Å²) in [4.78, 5) is 17.0. The molecule has 0 aliphatic carbocycles. The van der Waals surface area contributed by atoms with Gasteiger partial charge < -0.3 is 5.32 Å². The Morgan fingerprint density at radius 1 is 1.53 bits per heavy atom. The van der Waals surface area contributed by atoms with Crippen molar-refractivity contribution in [3.8, 4) is 0 Å². The predicted octanol–water partition coefficient (Wildman–Crippen LogP) is 3.14. The number of hydrogen-bond acceptors (Lipinski definition) is 3. The normalized spacial score (nSPS) is 10.2. The molecule has 2 heterocycles. The van der Waals surface area contributed by atoms with E-state index in [2.05, 4.69) is 26.2 Å². The molecule has 0 spiro atoms. The van der Waals surface area contributed by atoms with Crippen LogP contribution in [0.15, 0.2) is 34.4 Å². The number of aryl methyl sites for hydroxylation is 1. The molecule has 0 fully saturated rings. The van der Waals surface area contributed by atoms with E-state index in [1.54, 1.807) is 29.8 Å². The van der Waals surface area contributed by atoms with E-state index in [1.807, 2.05) is 18.4 Å². The van der Waals surface area contributed by atoms with Crippen molar-refractivity contribution in [3.05, 3.63) is 50.4 Å². The number of amides is 1. The van der Waals surface area contributed by atoms with Crippen molar-refractivity contribution in [3.63, 3.8) is 0 Å². The highest BCUT2D eigenvalue weighted by Crippen LogP contribution is 2.15. The molecule has 88 valence electrons. The van der Waals surface area contributed by atoms with Crippen LogP contribution in [0.2, 0.25) is 0 Å². The number of rotatable bonds is 3. The molecule has 0 radical (unpaired) electrons. The van der Waals surface area contributed by atoms with Gasteiger partial charge in [0.05, 0.1) is 12.1 Å². The molecule has 0 atom stereocenters. The summed E-state index contributed by atoms with van der Waals surface area (Å²) in [5.74, 6) is -0.105. The molecule has 2 rings (SSSR count). The van der Waals surface area contributed by atoms with E-state index in [0.717, 1.165) is 4.47 Å². The van der Waals surface area contributed by atoms with Gasteiger partial charge in [0.15, 0.2) is 0 Å². The third kappa shape index (κ3) is 3.14. The fraction of sp³-hybridized carbons (Fsp3) is 0.167. The second kappa shape index (κ2) is 5.42. The van der Waals surface area contributed by atoms with Crippen LogP contribution in [0.5, 0.6) is 0 Å². The number of nitrogens with one attached hydrogen (secondary N) is 1. The zero-order chi connectivity index (χ0) is 12.3. The van der Waals surface area contributed by atoms with Gasteiger partial charge in [-0.2, -0.15) is 0 Å². The molecular formula is C12H11BrN2OS. The fourth-order valence-corrected chi connectivity index (χ4v) is 2.59. The molecular weight excluding hydrogens is 300 g/mol. The Bertz CT molecular complexity index is 539. The van der Waals surface area contributed by atoms with Gasteiger partial charge in [0.2, 0.25) is 0 Å². The van der Waals surface area contributed by atoms with Crippen LogP contribution in [-0.2, 0) is 6.54 Å². The van der Waals surface area contributed by atoms with Gasteiger partial charge in [-0.1, -0.05) is 0 Å². The van der Waals surface area contributed by atoms with Crippen LogP contribution in [0.3, 0.4) is 0 Å². The van der Waals surface area contributed by atoms with Crippen LogP contribution >= 0.6 is 27.3 Å². The highest BCUT2D eigenvalue weighted by molar-refractivity contribution is 9.10. The quantitative estimate of drug-likeness (QED) is 0.946. The van der Waals surface area contributed by atoms with Crippen molar-refractivity contribution in [2.75, 3.05) is 0 Å². The third-order valence-corrected chi connectivity index (χ3v) is 3.80. The van der Waals surface area contributed by atoms with E-state index < -0.39 is 0 Å². The first-order valence-corrected chi connectivity index (χ1v) is 6.76. The minimum absolute atomic E-state index is 0.105. The fourth-order valence-electron chi connectivity index (χ4n) is 1.38. The van der Waals surface area contributed by atoms with Gasteiger partial charge in [-0.25, -0.2) is 0 Å². The molecule has 0 saturated carbocycles. The summed E-state index contributed by atoms with van der Waals surface area (Å²) >= 11 is 4.94. The summed E-state index contributed by atoms with van der Waals surface area (Å²) < 4.78 is 0.803. The van der Waals surface area contributed by atoms with Gasteiger partial charge in [-0.15, -0.1) is 11.3 Å². The van der Waals surface area contributed by atoms with Gasteiger partial charge >= 0.3 is 0 Å². The Morgan fingerprint density at radius 2 is 2.35 bits per heavy atom. The highest BCUT2D eigenvalue weighted by Gasteiger charge is 2.07. The van der Waals surface area contributed by atoms with Crippen molar-refractivity contribution in [2.24, 2.45) is 0 Å². The first-order chi connectivity index (χ1) is 8.16. The smallest absolute Gasteiger partial charge is 0.253 e. The van der Waals surface area contributed by atoms with Crippen molar-refractivity contribution in [2.45, 2.75) is 13.5 Å². The average Bonchev–Trinajstić information content (AvgIpc) is 2.72. The zero-order valence-electron chi connectivity index (χ0n) is 9.24. The minimum Gasteiger partial charge on any atom is -0.347 e. The maximum Gasteiger partial charge on any atom is 0.253 e. The van der Waals surface area contributed by atoms with Crippen molar-refractivity contribution in [1.29, 1.82) is 0 Å². The van der Waals surface area contributed by atoms with Crippen molar-refractivity contribution in [1.82, 2.24) is 10.3 Å². The number of hydrogen-bond donors (Lipinski definition) is 1. The maximum atomic E-state index is 11.8. The van der Waals surface area contributed by atoms with Crippen LogP contribution in [0.1, 0.15) is 20.8 Å². The molecule has 2 aromatic heterocycles. The SMILES string of the molecule is Cc1ccsc1CNC(=O)c1cncc(Br)c1. The Morgan fingerprint density at radius 3 is 3.00 bits per heavy atom. The lowest BCUT2D eigenvalue weighted by atomic mass is 10.2. The monoisotopic (exact) mass is 310 g/mol. The Kier molecular flexibility index (Phi) is 3.91. The van der Waals surface area contributed by atoms with E-state index in [1.165, 1.54) is 10.4 Å². The first kappa shape index (κ1) is 12.3. The van der Waals surface area contributed by atoms with E-state index in [4.69, 9.17) is 0 Å². The van der Waals surface area contributed by atoms with E-state index in [0.29, 0.717) is 12.1 Å². The molecule has 17 heavy (non-hydrogen) atoms. The second-order valence-corrected chi connectivity index (χ2v) is 5.52. The van der Waals surface area contributed by atoms with Crippen LogP contribution in [-0.4, -0.2) is 10.9 Å². The molecule has 1 N–H and O–H groups in total. The maximum absolute atomic E-state index is 11.8. The Balaban J connectivity index is 2.01. The van der Waals surface area contributed by atoms with Crippen LogP contribution in [0, 0.1) is 6.92 Å². The number of thiophene rings is 1. The molecule has 0 aromatic carbocycles. The standard InChI is InChI=1S/C12H11BrN2OS/c1-8-2-3-17-11(8)7-15-12(16)9-4-10(13)6-14-5-9/h2-6H,7H2,1H3,(H,15,16). The molecule has 0 aliphatic rings. The van der Waals surface area contributed by atoms with Crippen molar-refractivity contribution >= 4 is 33.2 Å². The van der Waals surface area contributed by atoms with Gasteiger partial charge in [-0.3, -0.25) is 9.78 Å². The van der Waals surface area contributed by atoms with E-state index >= 15 is 0 Å². The largest absolute Gasteiger partial charge is 0.347 e. The number of nitrogens with zero attached hydrogens (tertiary/aromatic N) is 1. The summed E-state index contributed by atoms with van der Waals surface area (Å²) in [7, 11) is 0. The number of aromatic nitrogens is 1. The summed E-state index contributed by atoms with van der Waals surface area (Å²) in [5.41, 5.74) is 1.77. The number of carbonyl (C=O) groups excluding carboxylic acids is 1. The lowest BCUT2D eigenvalue weighted by Crippen LogP contribution is -2.22. The molecule has 5 heteroatoms. The molecule has 0 bridgehead atoms. The van der Waals surface area contributed by atoms with Gasteiger partial charge in [-0.05, 0) is 45.9 Å². The predicted molar refractivity (Wildman–Crippen MR) is 72.2 cm³/mol. The average molecular weight is 311 g/mol. The summed E-state index contributed by atoms with van der Waals surface area (Å²) in [6.07, 6.45) is 3.21. The van der Waals surface area contributed by atoms with Gasteiger partial charge in [0, 0.05) is 21.7 Å². The lowest BCUT2D eigenvalue weighted by molar-refractivity contribution is 0.0951. The Labute approximate surface area is 112 Å². The molecule has 0 saturated heterocycles. The number of carbonyl (C=O) groups is 1. The van der Waals surface area contributed by atoms with Gasteiger partial charge in [0.25, 0.3) is 5.91 Å².